The first-order valence-electron chi connectivity index (χ1n) is 8.47. The van der Waals surface area contributed by atoms with Crippen molar-refractivity contribution in [3.8, 4) is 5.69 Å². The largest absolute Gasteiger partial charge is 0.342 e. The molecule has 5 nitrogen and oxygen atoms in total. The molecule has 2 heterocycles. The van der Waals surface area contributed by atoms with Gasteiger partial charge in [-0.15, -0.1) is 10.2 Å². The lowest BCUT2D eigenvalue weighted by Crippen LogP contribution is -2.41. The van der Waals surface area contributed by atoms with Crippen LogP contribution in [0.1, 0.15) is 32.3 Å². The molecule has 0 bridgehead atoms. The average molecular weight is 344 g/mol. The van der Waals surface area contributed by atoms with E-state index in [0.29, 0.717) is 0 Å². The van der Waals surface area contributed by atoms with Crippen LogP contribution in [0.15, 0.2) is 35.7 Å². The van der Waals surface area contributed by atoms with Crippen LogP contribution in [0, 0.1) is 12.8 Å². The SMILES string of the molecule is Cc1ccccc1-n1cnnc1S[C@@H](C)C(=O)N1CCC(C)CC1. The average Bonchev–Trinajstić information content (AvgIpc) is 3.03. The molecular weight excluding hydrogens is 320 g/mol. The number of piperidine rings is 1. The number of hydrogen-bond donors (Lipinski definition) is 0. The highest BCUT2D eigenvalue weighted by Gasteiger charge is 2.26. The fourth-order valence-electron chi connectivity index (χ4n) is 3.00. The molecule has 1 atom stereocenters. The van der Waals surface area contributed by atoms with E-state index in [9.17, 15) is 4.79 Å². The number of para-hydroxylation sites is 1. The van der Waals surface area contributed by atoms with Crippen LogP contribution < -0.4 is 0 Å². The Morgan fingerprint density at radius 2 is 2.00 bits per heavy atom. The molecule has 1 saturated heterocycles. The summed E-state index contributed by atoms with van der Waals surface area (Å²) in [4.78, 5) is 14.7. The summed E-state index contributed by atoms with van der Waals surface area (Å²) in [6.45, 7) is 8.02. The van der Waals surface area contributed by atoms with Crippen molar-refractivity contribution in [2.75, 3.05) is 13.1 Å². The first kappa shape index (κ1) is 17.0. The van der Waals surface area contributed by atoms with Gasteiger partial charge in [0.15, 0.2) is 5.16 Å². The van der Waals surface area contributed by atoms with Crippen LogP contribution in [0.2, 0.25) is 0 Å². The van der Waals surface area contributed by atoms with Gasteiger partial charge in [-0.3, -0.25) is 9.36 Å². The second-order valence-electron chi connectivity index (χ2n) is 6.54. The van der Waals surface area contributed by atoms with Crippen LogP contribution in [0.4, 0.5) is 0 Å². The van der Waals surface area contributed by atoms with E-state index in [1.807, 2.05) is 34.6 Å². The Kier molecular flexibility index (Phi) is 5.23. The first-order chi connectivity index (χ1) is 11.6. The molecule has 6 heteroatoms. The predicted octanol–water partition coefficient (Wildman–Crippen LogP) is 3.31. The molecule has 1 aliphatic heterocycles. The highest BCUT2D eigenvalue weighted by Crippen LogP contribution is 2.27. The van der Waals surface area contributed by atoms with Crippen molar-refractivity contribution < 1.29 is 4.79 Å². The molecule has 1 aromatic carbocycles. The van der Waals surface area contributed by atoms with Crippen LogP contribution in [0.5, 0.6) is 0 Å². The third-order valence-corrected chi connectivity index (χ3v) is 5.66. The van der Waals surface area contributed by atoms with Crippen LogP contribution in [-0.2, 0) is 4.79 Å². The van der Waals surface area contributed by atoms with E-state index < -0.39 is 0 Å². The van der Waals surface area contributed by atoms with Gasteiger partial charge in [0.2, 0.25) is 5.91 Å². The Hall–Kier alpha value is -1.82. The van der Waals surface area contributed by atoms with E-state index in [1.54, 1.807) is 6.33 Å². The van der Waals surface area contributed by atoms with E-state index in [1.165, 1.54) is 11.8 Å². The number of thioether (sulfide) groups is 1. The summed E-state index contributed by atoms with van der Waals surface area (Å²) in [6.07, 6.45) is 3.91. The van der Waals surface area contributed by atoms with Gasteiger partial charge in [0.25, 0.3) is 0 Å². The van der Waals surface area contributed by atoms with Gasteiger partial charge >= 0.3 is 0 Å². The molecule has 0 aliphatic carbocycles. The quantitative estimate of drug-likeness (QED) is 0.799. The Bertz CT molecular complexity index is 707. The Morgan fingerprint density at radius 1 is 1.29 bits per heavy atom. The van der Waals surface area contributed by atoms with Gasteiger partial charge in [0, 0.05) is 13.1 Å². The number of carbonyl (C=O) groups excluding carboxylic acids is 1. The molecule has 1 fully saturated rings. The van der Waals surface area contributed by atoms with Crippen LogP contribution in [-0.4, -0.2) is 43.9 Å². The van der Waals surface area contributed by atoms with E-state index in [0.717, 1.165) is 48.3 Å². The summed E-state index contributed by atoms with van der Waals surface area (Å²) in [5.41, 5.74) is 2.21. The zero-order chi connectivity index (χ0) is 17.1. The molecule has 0 spiro atoms. The standard InChI is InChI=1S/C18H24N4OS/c1-13-8-10-21(11-9-13)17(23)15(3)24-18-20-19-12-22(18)16-7-5-4-6-14(16)2/h4-7,12-13,15H,8-11H2,1-3H3/t15-/m0/s1. The van der Waals surface area contributed by atoms with Gasteiger partial charge in [0.1, 0.15) is 6.33 Å². The fraction of sp³-hybridized carbons (Fsp3) is 0.500. The molecule has 1 aliphatic rings. The van der Waals surface area contributed by atoms with Gasteiger partial charge in [-0.1, -0.05) is 36.9 Å². The van der Waals surface area contributed by atoms with Gasteiger partial charge in [0.05, 0.1) is 10.9 Å². The summed E-state index contributed by atoms with van der Waals surface area (Å²) in [6, 6.07) is 8.12. The number of likely N-dealkylation sites (tertiary alicyclic amines) is 1. The third-order valence-electron chi connectivity index (χ3n) is 4.62. The molecular formula is C18H24N4OS. The number of carbonyl (C=O) groups is 1. The number of aromatic nitrogens is 3. The molecule has 1 aromatic heterocycles. The molecule has 2 aromatic rings. The zero-order valence-corrected chi connectivity index (χ0v) is 15.3. The number of benzene rings is 1. The lowest BCUT2D eigenvalue weighted by atomic mass is 9.99. The fourth-order valence-corrected chi connectivity index (χ4v) is 3.92. The second kappa shape index (κ2) is 7.38. The second-order valence-corrected chi connectivity index (χ2v) is 7.85. The van der Waals surface area contributed by atoms with Crippen molar-refractivity contribution in [1.29, 1.82) is 0 Å². The Morgan fingerprint density at radius 3 is 2.71 bits per heavy atom. The van der Waals surface area contributed by atoms with Crippen molar-refractivity contribution >= 4 is 17.7 Å². The Balaban J connectivity index is 1.72. The number of hydrogen-bond acceptors (Lipinski definition) is 4. The summed E-state index contributed by atoms with van der Waals surface area (Å²) >= 11 is 1.48. The molecule has 1 amide bonds. The van der Waals surface area contributed by atoms with Crippen molar-refractivity contribution in [3.05, 3.63) is 36.2 Å². The lowest BCUT2D eigenvalue weighted by Gasteiger charge is -2.31. The minimum absolute atomic E-state index is 0.162. The molecule has 0 unspecified atom stereocenters. The third kappa shape index (κ3) is 3.64. The van der Waals surface area contributed by atoms with Crippen LogP contribution in [0.25, 0.3) is 5.69 Å². The molecule has 3 rings (SSSR count). The zero-order valence-electron chi connectivity index (χ0n) is 14.5. The minimum atomic E-state index is -0.162. The summed E-state index contributed by atoms with van der Waals surface area (Å²) < 4.78 is 1.96. The maximum absolute atomic E-state index is 12.7. The molecule has 128 valence electrons. The first-order valence-corrected chi connectivity index (χ1v) is 9.35. The van der Waals surface area contributed by atoms with Gasteiger partial charge < -0.3 is 4.90 Å². The molecule has 24 heavy (non-hydrogen) atoms. The monoisotopic (exact) mass is 344 g/mol. The number of aryl methyl sites for hydroxylation is 1. The van der Waals surface area contributed by atoms with Crippen molar-refractivity contribution in [1.82, 2.24) is 19.7 Å². The highest BCUT2D eigenvalue weighted by atomic mass is 32.2. The van der Waals surface area contributed by atoms with E-state index >= 15 is 0 Å². The summed E-state index contributed by atoms with van der Waals surface area (Å²) in [7, 11) is 0. The molecule has 0 saturated carbocycles. The number of rotatable bonds is 4. The molecule has 0 N–H and O–H groups in total. The number of nitrogens with zero attached hydrogens (tertiary/aromatic N) is 4. The minimum Gasteiger partial charge on any atom is -0.342 e. The van der Waals surface area contributed by atoms with Crippen LogP contribution >= 0.6 is 11.8 Å². The topological polar surface area (TPSA) is 51.0 Å². The smallest absolute Gasteiger partial charge is 0.235 e. The van der Waals surface area contributed by atoms with Crippen molar-refractivity contribution in [3.63, 3.8) is 0 Å². The van der Waals surface area contributed by atoms with Crippen molar-refractivity contribution in [2.45, 2.75) is 44.0 Å². The highest BCUT2D eigenvalue weighted by molar-refractivity contribution is 8.00. The van der Waals surface area contributed by atoms with Gasteiger partial charge in [-0.2, -0.15) is 0 Å². The Labute approximate surface area is 147 Å². The van der Waals surface area contributed by atoms with E-state index in [4.69, 9.17) is 0 Å². The summed E-state index contributed by atoms with van der Waals surface area (Å²) in [5, 5.41) is 8.86. The summed E-state index contributed by atoms with van der Waals surface area (Å²) in [5.74, 6) is 0.924. The predicted molar refractivity (Wildman–Crippen MR) is 96.4 cm³/mol. The maximum Gasteiger partial charge on any atom is 0.235 e. The van der Waals surface area contributed by atoms with Gasteiger partial charge in [-0.05, 0) is 44.2 Å². The van der Waals surface area contributed by atoms with Crippen LogP contribution in [0.3, 0.4) is 0 Å². The molecule has 0 radical (unpaired) electrons. The lowest BCUT2D eigenvalue weighted by molar-refractivity contribution is -0.131. The van der Waals surface area contributed by atoms with E-state index in [2.05, 4.69) is 30.1 Å². The number of amides is 1. The normalized spacial score (nSPS) is 17.0. The maximum atomic E-state index is 12.7. The van der Waals surface area contributed by atoms with E-state index in [-0.39, 0.29) is 11.2 Å². The van der Waals surface area contributed by atoms with Crippen molar-refractivity contribution in [2.24, 2.45) is 5.92 Å². The van der Waals surface area contributed by atoms with Gasteiger partial charge in [-0.25, -0.2) is 0 Å².